The fourth-order valence-electron chi connectivity index (χ4n) is 1.56. The van der Waals surface area contributed by atoms with E-state index in [1.54, 1.807) is 7.11 Å². The molecule has 0 amide bonds. The van der Waals surface area contributed by atoms with Gasteiger partial charge in [-0.2, -0.15) is 0 Å². The smallest absolute Gasteiger partial charge is 0.119 e. The van der Waals surface area contributed by atoms with Crippen LogP contribution in [0.4, 0.5) is 0 Å². The Labute approximate surface area is 111 Å². The lowest BCUT2D eigenvalue weighted by molar-refractivity contribution is 0.146. The topological polar surface area (TPSA) is 30.5 Å². The van der Waals surface area contributed by atoms with Crippen molar-refractivity contribution in [1.82, 2.24) is 5.32 Å². The zero-order valence-corrected chi connectivity index (χ0v) is 11.6. The third-order valence-corrected chi connectivity index (χ3v) is 3.51. The highest BCUT2D eigenvalue weighted by molar-refractivity contribution is 9.10. The lowest BCUT2D eigenvalue weighted by Crippen LogP contribution is -2.15. The first-order valence-corrected chi connectivity index (χ1v) is 6.72. The van der Waals surface area contributed by atoms with Crippen LogP contribution in [0.25, 0.3) is 0 Å². The van der Waals surface area contributed by atoms with Crippen LogP contribution < -0.4 is 10.1 Å². The van der Waals surface area contributed by atoms with E-state index in [0.29, 0.717) is 13.2 Å². The highest BCUT2D eigenvalue weighted by atomic mass is 79.9. The highest BCUT2D eigenvalue weighted by Gasteiger charge is 2.20. The van der Waals surface area contributed by atoms with Crippen molar-refractivity contribution in [1.29, 1.82) is 0 Å². The summed E-state index contributed by atoms with van der Waals surface area (Å²) >= 11 is 3.56. The third-order valence-electron chi connectivity index (χ3n) is 2.73. The van der Waals surface area contributed by atoms with Crippen molar-refractivity contribution < 1.29 is 9.47 Å². The van der Waals surface area contributed by atoms with Gasteiger partial charge in [0.05, 0.1) is 6.61 Å². The molecule has 3 nitrogen and oxygen atoms in total. The summed E-state index contributed by atoms with van der Waals surface area (Å²) in [7, 11) is 1.68. The van der Waals surface area contributed by atoms with E-state index in [9.17, 15) is 0 Å². The molecule has 1 aromatic rings. The maximum atomic E-state index is 5.59. The van der Waals surface area contributed by atoms with Crippen LogP contribution in [-0.4, -0.2) is 26.4 Å². The van der Waals surface area contributed by atoms with Crippen LogP contribution in [0.5, 0.6) is 5.75 Å². The van der Waals surface area contributed by atoms with Crippen LogP contribution >= 0.6 is 15.9 Å². The molecule has 1 aliphatic rings. The number of benzene rings is 1. The van der Waals surface area contributed by atoms with Gasteiger partial charge in [0.15, 0.2) is 0 Å². The Morgan fingerprint density at radius 2 is 2.18 bits per heavy atom. The van der Waals surface area contributed by atoms with Crippen molar-refractivity contribution >= 4 is 15.9 Å². The van der Waals surface area contributed by atoms with Gasteiger partial charge in [-0.25, -0.2) is 0 Å². The summed E-state index contributed by atoms with van der Waals surface area (Å²) in [6, 6.07) is 6.81. The highest BCUT2D eigenvalue weighted by Crippen LogP contribution is 2.25. The van der Waals surface area contributed by atoms with Gasteiger partial charge >= 0.3 is 0 Å². The van der Waals surface area contributed by atoms with E-state index in [1.165, 1.54) is 18.4 Å². The minimum Gasteiger partial charge on any atom is -0.491 e. The molecule has 0 saturated heterocycles. The number of halogens is 1. The molecule has 94 valence electrons. The van der Waals surface area contributed by atoms with Crippen LogP contribution in [0.2, 0.25) is 0 Å². The van der Waals surface area contributed by atoms with Crippen LogP contribution in [0.15, 0.2) is 22.7 Å². The number of rotatable bonds is 7. The summed E-state index contributed by atoms with van der Waals surface area (Å²) in [6.07, 6.45) is 2.61. The largest absolute Gasteiger partial charge is 0.491 e. The molecule has 0 radical (unpaired) electrons. The SMILES string of the molecule is COCCOc1ccc(Br)c(CNC2CC2)c1. The first-order chi connectivity index (χ1) is 8.29. The van der Waals surface area contributed by atoms with Gasteiger partial charge in [-0.1, -0.05) is 15.9 Å². The zero-order valence-electron chi connectivity index (χ0n) is 10.0. The Hall–Kier alpha value is -0.580. The summed E-state index contributed by atoms with van der Waals surface area (Å²) in [5.41, 5.74) is 1.24. The molecule has 0 spiro atoms. The van der Waals surface area contributed by atoms with Crippen molar-refractivity contribution in [2.75, 3.05) is 20.3 Å². The normalized spacial score (nSPS) is 14.9. The Morgan fingerprint density at radius 3 is 2.88 bits per heavy atom. The summed E-state index contributed by atoms with van der Waals surface area (Å²) in [4.78, 5) is 0. The van der Waals surface area contributed by atoms with Gasteiger partial charge in [0.2, 0.25) is 0 Å². The second-order valence-electron chi connectivity index (χ2n) is 4.25. The number of hydrogen-bond donors (Lipinski definition) is 1. The number of ether oxygens (including phenoxy) is 2. The number of methoxy groups -OCH3 is 1. The van der Waals surface area contributed by atoms with E-state index in [2.05, 4.69) is 27.3 Å². The molecule has 4 heteroatoms. The molecule has 1 saturated carbocycles. The molecule has 0 bridgehead atoms. The van der Waals surface area contributed by atoms with E-state index < -0.39 is 0 Å². The predicted octanol–water partition coefficient (Wildman–Crippen LogP) is 2.73. The fourth-order valence-corrected chi connectivity index (χ4v) is 1.95. The lowest BCUT2D eigenvalue weighted by atomic mass is 10.2. The molecule has 1 aromatic carbocycles. The molecule has 0 heterocycles. The van der Waals surface area contributed by atoms with Crippen LogP contribution in [0, 0.1) is 0 Å². The molecule has 0 atom stereocenters. The Morgan fingerprint density at radius 1 is 1.35 bits per heavy atom. The van der Waals surface area contributed by atoms with Crippen LogP contribution in [0.3, 0.4) is 0 Å². The molecular formula is C13H18BrNO2. The van der Waals surface area contributed by atoms with Gasteiger partial charge in [-0.3, -0.25) is 0 Å². The van der Waals surface area contributed by atoms with Crippen molar-refractivity contribution in [3.63, 3.8) is 0 Å². The third kappa shape index (κ3) is 4.30. The van der Waals surface area contributed by atoms with E-state index in [1.807, 2.05) is 12.1 Å². The predicted molar refractivity (Wildman–Crippen MR) is 71.4 cm³/mol. The van der Waals surface area contributed by atoms with E-state index in [-0.39, 0.29) is 0 Å². The van der Waals surface area contributed by atoms with Gasteiger partial charge in [-0.15, -0.1) is 0 Å². The summed E-state index contributed by atoms with van der Waals surface area (Å²) in [5, 5.41) is 3.50. The average Bonchev–Trinajstić information content (AvgIpc) is 3.14. The maximum absolute atomic E-state index is 5.59. The Balaban J connectivity index is 1.90. The van der Waals surface area contributed by atoms with Gasteiger partial charge in [0, 0.05) is 24.2 Å². The van der Waals surface area contributed by atoms with Crippen molar-refractivity contribution in [2.45, 2.75) is 25.4 Å². The Kier molecular flexibility index (Phi) is 4.83. The molecule has 0 aliphatic heterocycles. The summed E-state index contributed by atoms with van der Waals surface area (Å²) in [5.74, 6) is 0.901. The van der Waals surface area contributed by atoms with E-state index in [0.717, 1.165) is 22.8 Å². The quantitative estimate of drug-likeness (QED) is 0.785. The molecule has 2 rings (SSSR count). The second kappa shape index (κ2) is 6.38. The zero-order chi connectivity index (χ0) is 12.1. The molecule has 0 aromatic heterocycles. The van der Waals surface area contributed by atoms with Crippen LogP contribution in [0.1, 0.15) is 18.4 Å². The van der Waals surface area contributed by atoms with Crippen molar-refractivity contribution in [3.05, 3.63) is 28.2 Å². The van der Waals surface area contributed by atoms with Crippen molar-refractivity contribution in [2.24, 2.45) is 0 Å². The first-order valence-electron chi connectivity index (χ1n) is 5.93. The molecule has 1 N–H and O–H groups in total. The van der Waals surface area contributed by atoms with Gasteiger partial charge in [-0.05, 0) is 36.6 Å². The summed E-state index contributed by atoms with van der Waals surface area (Å²) in [6.45, 7) is 2.10. The lowest BCUT2D eigenvalue weighted by Gasteiger charge is -2.10. The average molecular weight is 300 g/mol. The summed E-state index contributed by atoms with van der Waals surface area (Å²) < 4.78 is 11.7. The second-order valence-corrected chi connectivity index (χ2v) is 5.10. The maximum Gasteiger partial charge on any atom is 0.119 e. The van der Waals surface area contributed by atoms with E-state index in [4.69, 9.17) is 9.47 Å². The van der Waals surface area contributed by atoms with Gasteiger partial charge in [0.25, 0.3) is 0 Å². The first kappa shape index (κ1) is 12.9. The Bertz CT molecular complexity index is 366. The fraction of sp³-hybridized carbons (Fsp3) is 0.538. The molecule has 1 aliphatic carbocycles. The number of nitrogens with one attached hydrogen (secondary N) is 1. The minimum absolute atomic E-state index is 0.591. The van der Waals surface area contributed by atoms with Crippen LogP contribution in [-0.2, 0) is 11.3 Å². The minimum atomic E-state index is 0.591. The molecule has 1 fully saturated rings. The monoisotopic (exact) mass is 299 g/mol. The van der Waals surface area contributed by atoms with Gasteiger partial charge in [0.1, 0.15) is 12.4 Å². The van der Waals surface area contributed by atoms with Crippen molar-refractivity contribution in [3.8, 4) is 5.75 Å². The van der Waals surface area contributed by atoms with Gasteiger partial charge < -0.3 is 14.8 Å². The molecule has 0 unspecified atom stereocenters. The molecular weight excluding hydrogens is 282 g/mol. The molecule has 17 heavy (non-hydrogen) atoms. The standard InChI is InChI=1S/C13H18BrNO2/c1-16-6-7-17-12-4-5-13(14)10(8-12)9-15-11-2-3-11/h4-5,8,11,15H,2-3,6-7,9H2,1H3. The van der Waals surface area contributed by atoms with E-state index >= 15 is 0 Å². The number of hydrogen-bond acceptors (Lipinski definition) is 3.